The Morgan fingerprint density at radius 2 is 1.13 bits per heavy atom. The predicted octanol–water partition coefficient (Wildman–Crippen LogP) is 11.9. The minimum Gasteiger partial charge on any atom is -0.468 e. The van der Waals surface area contributed by atoms with Crippen molar-refractivity contribution in [3.05, 3.63) is 199 Å². The molecule has 1 N–H and O–H groups in total. The zero-order chi connectivity index (χ0) is 51.1. The third-order valence-electron chi connectivity index (χ3n) is 17.6. The molecule has 0 fully saturated rings. The van der Waals surface area contributed by atoms with Crippen molar-refractivity contribution in [2.75, 3.05) is 14.7 Å². The van der Waals surface area contributed by atoms with Crippen LogP contribution in [0.15, 0.2) is 192 Å². The summed E-state index contributed by atoms with van der Waals surface area (Å²) in [5.41, 5.74) is 18.0. The van der Waals surface area contributed by atoms with E-state index in [-0.39, 0.29) is 24.3 Å². The number of ether oxygens (including phenoxy) is 1. The number of anilines is 9. The van der Waals surface area contributed by atoms with Crippen LogP contribution in [0.25, 0.3) is 38.7 Å². The van der Waals surface area contributed by atoms with Gasteiger partial charge in [0.15, 0.2) is 5.82 Å². The fourth-order valence-corrected chi connectivity index (χ4v) is 13.9. The molecule has 0 saturated carbocycles. The molecule has 5 aliphatic rings. The van der Waals surface area contributed by atoms with E-state index in [2.05, 4.69) is 234 Å². The third-order valence-corrected chi connectivity index (χ3v) is 17.6. The molecule has 0 spiro atoms. The van der Waals surface area contributed by atoms with E-state index < -0.39 is 0 Å². The number of aromatic nitrogens is 5. The smallest absolute Gasteiger partial charge is 0.301 e. The molecule has 1 aliphatic carbocycles. The Bertz CT molecular complexity index is 4450. The number of para-hydroxylation sites is 6. The summed E-state index contributed by atoms with van der Waals surface area (Å²) >= 11 is 0. The van der Waals surface area contributed by atoms with Crippen LogP contribution >= 0.6 is 0 Å². The minimum absolute atomic E-state index is 0.000155. The summed E-state index contributed by atoms with van der Waals surface area (Å²) in [5.74, 6) is 4.37. The molecule has 0 radical (unpaired) electrons. The Balaban J connectivity index is 0.953. The lowest BCUT2D eigenvalue weighted by atomic mass is 9.32. The number of furan rings is 1. The number of hydrogen-bond donors (Lipinski definition) is 1. The lowest BCUT2D eigenvalue weighted by Crippen LogP contribution is -2.64. The van der Waals surface area contributed by atoms with Crippen LogP contribution in [0.5, 0.6) is 11.6 Å². The molecular formula is C65H48B2N8O2. The highest BCUT2D eigenvalue weighted by Gasteiger charge is 2.52. The van der Waals surface area contributed by atoms with Gasteiger partial charge in [0.1, 0.15) is 23.0 Å². The van der Waals surface area contributed by atoms with Gasteiger partial charge in [0.05, 0.1) is 22.4 Å². The van der Waals surface area contributed by atoms with Gasteiger partial charge in [-0.2, -0.15) is 15.1 Å². The zero-order valence-corrected chi connectivity index (χ0v) is 42.9. The van der Waals surface area contributed by atoms with Crippen LogP contribution in [-0.4, -0.2) is 38.2 Å². The van der Waals surface area contributed by atoms with Gasteiger partial charge in [-0.25, -0.2) is 0 Å². The molecule has 4 aliphatic heterocycles. The molecule has 12 heteroatoms. The molecule has 12 aromatic rings. The normalized spacial score (nSPS) is 15.9. The van der Waals surface area contributed by atoms with Crippen molar-refractivity contribution in [2.45, 2.75) is 51.4 Å². The summed E-state index contributed by atoms with van der Waals surface area (Å²) in [5, 5.41) is 12.4. The summed E-state index contributed by atoms with van der Waals surface area (Å²) in [6.45, 7) is 8.96. The minimum atomic E-state index is -0.333. The van der Waals surface area contributed by atoms with Gasteiger partial charge in [0.2, 0.25) is 11.8 Å². The van der Waals surface area contributed by atoms with E-state index >= 15 is 0 Å². The number of nitrogens with zero attached hydrogens (tertiary/aromatic N) is 7. The molecular weight excluding hydrogens is 946 g/mol. The summed E-state index contributed by atoms with van der Waals surface area (Å²) in [4.78, 5) is 18.3. The fraction of sp³-hybridized carbons (Fsp3) is 0.123. The zero-order valence-electron chi connectivity index (χ0n) is 42.9. The highest BCUT2D eigenvalue weighted by atomic mass is 16.5. The van der Waals surface area contributed by atoms with E-state index in [1.807, 2.05) is 6.07 Å². The average Bonchev–Trinajstić information content (AvgIpc) is 4.35. The fourth-order valence-electron chi connectivity index (χ4n) is 13.9. The Kier molecular flexibility index (Phi) is 8.49. The van der Waals surface area contributed by atoms with Crippen molar-refractivity contribution < 1.29 is 9.15 Å². The lowest BCUT2D eigenvalue weighted by molar-refractivity contribution is 0.332. The second kappa shape index (κ2) is 15.2. The largest absolute Gasteiger partial charge is 0.468 e. The standard InChI is InChI=1S/C65H48B2N8O2/c1-64(2)33-34-65(3,4)45-35-40(31-32-44(45)64)74-57-43-25-13-17-29-53(43)76-58(57)67-48-36-47-51(37-52(48)73(39-21-9-6-10-22-39)60-55(67)61(74)71-70-60)72(38-19-7-5-8-20-38)59-56-62(77-54-30-18-14-26-46(54)66(47)56)69-63(68-59)75-49-27-15-11-23-41(49)42-24-12-16-28-50(42)75/h5-32,35-37H,33-34H2,1-4H3,(H,70,71). The molecule has 0 unspecified atom stereocenters. The quantitative estimate of drug-likeness (QED) is 0.174. The first kappa shape index (κ1) is 43.0. The van der Waals surface area contributed by atoms with Crippen LogP contribution in [0.3, 0.4) is 0 Å². The Morgan fingerprint density at radius 3 is 1.88 bits per heavy atom. The highest BCUT2D eigenvalue weighted by Crippen LogP contribution is 2.51. The van der Waals surface area contributed by atoms with E-state index in [0.717, 1.165) is 136 Å². The first-order valence-electron chi connectivity index (χ1n) is 26.8. The van der Waals surface area contributed by atoms with Gasteiger partial charge in [0.25, 0.3) is 6.71 Å². The first-order chi connectivity index (χ1) is 37.7. The van der Waals surface area contributed by atoms with Gasteiger partial charge >= 0.3 is 6.71 Å². The third kappa shape index (κ3) is 5.79. The Hall–Kier alpha value is -9.28. The van der Waals surface area contributed by atoms with Crippen LogP contribution in [-0.2, 0) is 10.8 Å². The molecule has 366 valence electrons. The summed E-state index contributed by atoms with van der Waals surface area (Å²) in [6.07, 6.45) is 2.26. The van der Waals surface area contributed by atoms with Gasteiger partial charge in [-0.05, 0) is 124 Å². The lowest BCUT2D eigenvalue weighted by Gasteiger charge is -2.43. The Morgan fingerprint density at radius 1 is 0.506 bits per heavy atom. The maximum atomic E-state index is 7.33. The topological polar surface area (TPSA) is 91.5 Å². The summed E-state index contributed by atoms with van der Waals surface area (Å²) in [6, 6.07) is 67.2. The van der Waals surface area contributed by atoms with E-state index in [9.17, 15) is 0 Å². The van der Waals surface area contributed by atoms with Crippen molar-refractivity contribution in [2.24, 2.45) is 0 Å². The van der Waals surface area contributed by atoms with E-state index in [1.165, 1.54) is 11.1 Å². The van der Waals surface area contributed by atoms with Crippen LogP contribution in [0.4, 0.5) is 51.6 Å². The van der Waals surface area contributed by atoms with Crippen LogP contribution in [0.1, 0.15) is 51.7 Å². The molecule has 17 rings (SSSR count). The molecule has 77 heavy (non-hydrogen) atoms. The number of H-pyrrole nitrogens is 1. The highest BCUT2D eigenvalue weighted by molar-refractivity contribution is 7.02. The number of nitrogens with one attached hydrogen (secondary N) is 1. The van der Waals surface area contributed by atoms with Crippen molar-refractivity contribution >= 4 is 131 Å². The molecule has 0 amide bonds. The number of fused-ring (bicyclic) bond motifs is 14. The van der Waals surface area contributed by atoms with Crippen LogP contribution in [0, 0.1) is 0 Å². The van der Waals surface area contributed by atoms with E-state index in [4.69, 9.17) is 24.2 Å². The van der Waals surface area contributed by atoms with Gasteiger partial charge in [-0.15, -0.1) is 0 Å². The number of benzene rings is 8. The first-order valence-corrected chi connectivity index (χ1v) is 26.8. The molecule has 10 nitrogen and oxygen atoms in total. The van der Waals surface area contributed by atoms with E-state index in [0.29, 0.717) is 11.8 Å². The maximum Gasteiger partial charge on any atom is 0.301 e. The molecule has 8 heterocycles. The van der Waals surface area contributed by atoms with Gasteiger partial charge in [0, 0.05) is 55.5 Å². The van der Waals surface area contributed by atoms with Crippen LogP contribution < -0.4 is 52.4 Å². The number of hydrogen-bond acceptors (Lipinski definition) is 8. The maximum absolute atomic E-state index is 7.33. The van der Waals surface area contributed by atoms with Crippen molar-refractivity contribution in [3.63, 3.8) is 0 Å². The van der Waals surface area contributed by atoms with Crippen molar-refractivity contribution in [3.8, 4) is 17.6 Å². The van der Waals surface area contributed by atoms with Gasteiger partial charge in [-0.3, -0.25) is 24.4 Å². The van der Waals surface area contributed by atoms with Gasteiger partial charge in [-0.1, -0.05) is 143 Å². The van der Waals surface area contributed by atoms with E-state index in [1.54, 1.807) is 0 Å². The Labute approximate surface area is 445 Å². The molecule has 0 atom stereocenters. The molecule has 0 saturated heterocycles. The molecule has 8 aromatic carbocycles. The molecule has 0 bridgehead atoms. The van der Waals surface area contributed by atoms with Gasteiger partial charge < -0.3 is 9.15 Å². The SMILES string of the molecule is CC1(C)CCC(C)(C)c2cc(N3c4n[nH]c5c4B(c4cc6c(cc4N5c4ccccc4)N(c4ccccc4)c4nc(-n5c7ccccc7c7ccccc75)nc5c4B6c4ccccc4O5)c4oc5ccccc5c43)ccc21. The molecule has 4 aromatic heterocycles. The second-order valence-corrected chi connectivity index (χ2v) is 22.7. The van der Waals surface area contributed by atoms with Crippen molar-refractivity contribution in [1.29, 1.82) is 0 Å². The number of rotatable bonds is 4. The number of aromatic amines is 1. The average molecular weight is 995 g/mol. The predicted molar refractivity (Wildman–Crippen MR) is 313 cm³/mol. The second-order valence-electron chi connectivity index (χ2n) is 22.7. The monoisotopic (exact) mass is 994 g/mol. The van der Waals surface area contributed by atoms with Crippen molar-refractivity contribution in [1.82, 2.24) is 24.7 Å². The summed E-state index contributed by atoms with van der Waals surface area (Å²) < 4.78 is 16.6. The summed E-state index contributed by atoms with van der Waals surface area (Å²) in [7, 11) is 0. The van der Waals surface area contributed by atoms with Crippen LogP contribution in [0.2, 0.25) is 0 Å².